The Morgan fingerprint density at radius 3 is 2.76 bits per heavy atom. The third-order valence-electron chi connectivity index (χ3n) is 3.48. The Morgan fingerprint density at radius 2 is 2.08 bits per heavy atom. The molecule has 1 atom stereocenters. The lowest BCUT2D eigenvalue weighted by molar-refractivity contribution is 0.0494. The first-order chi connectivity index (χ1) is 11.8. The van der Waals surface area contributed by atoms with Crippen molar-refractivity contribution in [1.82, 2.24) is 5.32 Å². The molecule has 25 heavy (non-hydrogen) atoms. The van der Waals surface area contributed by atoms with Crippen LogP contribution in [0.3, 0.4) is 0 Å². The number of ether oxygens (including phenoxy) is 2. The zero-order valence-corrected chi connectivity index (χ0v) is 16.9. The van der Waals surface area contributed by atoms with Gasteiger partial charge < -0.3 is 24.1 Å². The van der Waals surface area contributed by atoms with Gasteiger partial charge in [0.05, 0.1) is 12.7 Å². The van der Waals surface area contributed by atoms with Crippen LogP contribution in [-0.4, -0.2) is 38.6 Å². The van der Waals surface area contributed by atoms with Crippen LogP contribution in [0.15, 0.2) is 16.6 Å². The van der Waals surface area contributed by atoms with Gasteiger partial charge in [-0.15, -0.1) is 0 Å². The predicted molar refractivity (Wildman–Crippen MR) is 100 cm³/mol. The van der Waals surface area contributed by atoms with Crippen molar-refractivity contribution in [3.8, 4) is 5.75 Å². The summed E-state index contributed by atoms with van der Waals surface area (Å²) in [7, 11) is -0.467. The van der Waals surface area contributed by atoms with Gasteiger partial charge in [0, 0.05) is 16.5 Å². The Balaban J connectivity index is 0.00000109. The number of nitrogens with one attached hydrogen (secondary N) is 1. The van der Waals surface area contributed by atoms with Gasteiger partial charge in [0.25, 0.3) is 0 Å². The van der Waals surface area contributed by atoms with E-state index >= 15 is 0 Å². The van der Waals surface area contributed by atoms with Crippen LogP contribution in [0.25, 0.3) is 0 Å². The molecule has 0 saturated carbocycles. The van der Waals surface area contributed by atoms with Crippen LogP contribution >= 0.6 is 15.9 Å². The second-order valence-corrected chi connectivity index (χ2v) is 7.29. The zero-order chi connectivity index (χ0) is 18.6. The Morgan fingerprint density at radius 1 is 1.36 bits per heavy atom. The maximum absolute atomic E-state index is 11.8. The fourth-order valence-electron chi connectivity index (χ4n) is 2.64. The number of hydrogen-bond acceptors (Lipinski definition) is 5. The van der Waals surface area contributed by atoms with Crippen molar-refractivity contribution >= 4 is 34.6 Å². The molecule has 2 aliphatic heterocycles. The van der Waals surface area contributed by atoms with Crippen molar-refractivity contribution in [3.05, 3.63) is 22.2 Å². The summed E-state index contributed by atoms with van der Waals surface area (Å²) in [6, 6.07) is 3.82. The number of hydrogen-bond donors (Lipinski definition) is 1. The number of alkyl carbamates (subject to hydrolysis) is 1. The molecule has 1 unspecified atom stereocenters. The predicted octanol–water partition coefficient (Wildman–Crippen LogP) is 3.18. The van der Waals surface area contributed by atoms with Crippen LogP contribution in [0, 0.1) is 0 Å². The first-order valence-electron chi connectivity index (χ1n) is 8.54. The van der Waals surface area contributed by atoms with Crippen molar-refractivity contribution < 1.29 is 23.6 Å². The molecule has 8 heteroatoms. The fourth-order valence-corrected chi connectivity index (χ4v) is 3.24. The van der Waals surface area contributed by atoms with E-state index in [1.165, 1.54) is 0 Å². The third-order valence-corrected chi connectivity index (χ3v) is 4.17. The van der Waals surface area contributed by atoms with Crippen LogP contribution in [0.5, 0.6) is 5.75 Å². The Bertz CT molecular complexity index is 620. The molecule has 0 aromatic heterocycles. The molecule has 1 aromatic rings. The quantitative estimate of drug-likeness (QED) is 0.754. The number of benzene rings is 1. The third kappa shape index (κ3) is 4.89. The van der Waals surface area contributed by atoms with Gasteiger partial charge in [-0.2, -0.15) is 0 Å². The van der Waals surface area contributed by atoms with E-state index in [2.05, 4.69) is 21.2 Å². The van der Waals surface area contributed by atoms with E-state index in [0.717, 1.165) is 21.2 Å². The fraction of sp³-hybridized carbons (Fsp3) is 0.588. The van der Waals surface area contributed by atoms with E-state index < -0.39 is 18.8 Å². The van der Waals surface area contributed by atoms with Crippen LogP contribution < -0.4 is 15.5 Å². The highest BCUT2D eigenvalue weighted by Crippen LogP contribution is 2.35. The van der Waals surface area contributed by atoms with Crippen LogP contribution in [0.1, 0.15) is 46.3 Å². The highest BCUT2D eigenvalue weighted by molar-refractivity contribution is 9.10. The van der Waals surface area contributed by atoms with E-state index in [9.17, 15) is 4.79 Å². The largest absolute Gasteiger partial charge is 0.498 e. The van der Waals surface area contributed by atoms with Gasteiger partial charge in [-0.05, 0) is 38.5 Å². The van der Waals surface area contributed by atoms with Gasteiger partial charge in [0.1, 0.15) is 18.0 Å². The Hall–Kier alpha value is -1.25. The van der Waals surface area contributed by atoms with E-state index in [-0.39, 0.29) is 6.10 Å². The molecular formula is C17H25BBrNO5. The minimum Gasteiger partial charge on any atom is -0.492 e. The summed E-state index contributed by atoms with van der Waals surface area (Å²) < 4.78 is 23.5. The lowest BCUT2D eigenvalue weighted by atomic mass is 9.78. The van der Waals surface area contributed by atoms with Crippen molar-refractivity contribution in [2.45, 2.75) is 46.3 Å². The topological polar surface area (TPSA) is 66.0 Å². The van der Waals surface area contributed by atoms with Gasteiger partial charge in [0.15, 0.2) is 0 Å². The monoisotopic (exact) mass is 413 g/mol. The Labute approximate surface area is 157 Å². The number of rotatable bonds is 2. The van der Waals surface area contributed by atoms with E-state index in [0.29, 0.717) is 19.8 Å². The minimum atomic E-state index is -0.535. The molecule has 2 heterocycles. The minimum absolute atomic E-state index is 0.295. The SMILES string of the molecule is CC.CC(C)(C)OC(=O)NCC1OB2OCCOc3ccc(Br)c1c32. The summed E-state index contributed by atoms with van der Waals surface area (Å²) >= 11 is 3.55. The molecule has 0 saturated heterocycles. The summed E-state index contributed by atoms with van der Waals surface area (Å²) in [4.78, 5) is 11.8. The summed E-state index contributed by atoms with van der Waals surface area (Å²) in [5.41, 5.74) is 1.31. The Kier molecular flexibility index (Phi) is 6.76. The maximum Gasteiger partial charge on any atom is 0.498 e. The molecule has 0 aliphatic carbocycles. The molecule has 0 radical (unpaired) electrons. The summed E-state index contributed by atoms with van der Waals surface area (Å²) in [6.07, 6.45) is -0.791. The lowest BCUT2D eigenvalue weighted by Gasteiger charge is -2.21. The molecule has 1 aromatic carbocycles. The van der Waals surface area contributed by atoms with E-state index in [1.807, 2.05) is 46.8 Å². The van der Waals surface area contributed by atoms with E-state index in [4.69, 9.17) is 18.8 Å². The number of amides is 1. The first-order valence-corrected chi connectivity index (χ1v) is 9.33. The number of carbonyl (C=O) groups excluding carboxylic acids is 1. The molecule has 3 rings (SSSR count). The van der Waals surface area contributed by atoms with E-state index in [1.54, 1.807) is 0 Å². The normalized spacial score (nSPS) is 18.3. The summed E-state index contributed by atoms with van der Waals surface area (Å²) in [6.45, 7) is 10.7. The van der Waals surface area contributed by atoms with Gasteiger partial charge in [0.2, 0.25) is 0 Å². The smallest absolute Gasteiger partial charge is 0.492 e. The molecule has 2 aliphatic rings. The molecule has 1 amide bonds. The van der Waals surface area contributed by atoms with Gasteiger partial charge in [-0.1, -0.05) is 29.8 Å². The summed E-state index contributed by atoms with van der Waals surface area (Å²) in [5, 5.41) is 2.75. The second-order valence-electron chi connectivity index (χ2n) is 6.43. The van der Waals surface area contributed by atoms with Gasteiger partial charge in [-0.3, -0.25) is 0 Å². The lowest BCUT2D eigenvalue weighted by Crippen LogP contribution is -2.35. The van der Waals surface area contributed by atoms with Crippen molar-refractivity contribution in [2.75, 3.05) is 19.8 Å². The van der Waals surface area contributed by atoms with Crippen molar-refractivity contribution in [3.63, 3.8) is 0 Å². The molecule has 0 fully saturated rings. The number of carbonyl (C=O) groups is 1. The zero-order valence-electron chi connectivity index (χ0n) is 15.3. The molecule has 6 nitrogen and oxygen atoms in total. The summed E-state index contributed by atoms with van der Waals surface area (Å²) in [5.74, 6) is 0.769. The van der Waals surface area contributed by atoms with Crippen LogP contribution in [0.4, 0.5) is 4.79 Å². The van der Waals surface area contributed by atoms with Gasteiger partial charge >= 0.3 is 13.2 Å². The molecular weight excluding hydrogens is 389 g/mol. The molecule has 0 spiro atoms. The standard InChI is InChI=1S/C15H19BBrNO5.C2H6/c1-15(2,3)22-14(19)18-8-11-12-9(17)4-5-10-13(12)16(23-11)21-7-6-20-10;1-2/h4-5,11H,6-8H2,1-3H3,(H,18,19);1-2H3. The van der Waals surface area contributed by atoms with Crippen molar-refractivity contribution in [2.24, 2.45) is 0 Å². The highest BCUT2D eigenvalue weighted by atomic mass is 79.9. The molecule has 0 bridgehead atoms. The van der Waals surface area contributed by atoms with Crippen LogP contribution in [0.2, 0.25) is 0 Å². The molecule has 138 valence electrons. The average Bonchev–Trinajstić information content (AvgIpc) is 2.79. The second kappa shape index (κ2) is 8.42. The van der Waals surface area contributed by atoms with Gasteiger partial charge in [-0.25, -0.2) is 4.79 Å². The molecule has 1 N–H and O–H groups in total. The maximum atomic E-state index is 11.8. The number of halogens is 1. The first kappa shape index (κ1) is 20.1. The average molecular weight is 414 g/mol. The van der Waals surface area contributed by atoms with Crippen LogP contribution in [-0.2, 0) is 14.0 Å². The van der Waals surface area contributed by atoms with Crippen molar-refractivity contribution in [1.29, 1.82) is 0 Å². The highest BCUT2D eigenvalue weighted by Gasteiger charge is 2.43.